The van der Waals surface area contributed by atoms with Crippen LogP contribution in [0.25, 0.3) is 22.3 Å². The molecule has 0 spiro atoms. The van der Waals surface area contributed by atoms with E-state index in [1.54, 1.807) is 19.2 Å². The molecule has 1 saturated heterocycles. The molecular formula is C29H37N5O6S. The highest BCUT2D eigenvalue weighted by molar-refractivity contribution is 7.14. The minimum atomic E-state index is -1.11. The first-order valence-electron chi connectivity index (χ1n) is 13.6. The van der Waals surface area contributed by atoms with Crippen LogP contribution in [0.2, 0.25) is 0 Å². The van der Waals surface area contributed by atoms with Crippen molar-refractivity contribution in [3.05, 3.63) is 29.6 Å². The number of carboxylic acid groups (broad SMARTS) is 1. The molecule has 2 amide bonds. The van der Waals surface area contributed by atoms with E-state index >= 15 is 0 Å². The third-order valence-electron chi connectivity index (χ3n) is 7.09. The van der Waals surface area contributed by atoms with Gasteiger partial charge < -0.3 is 30.1 Å². The predicted octanol–water partition coefficient (Wildman–Crippen LogP) is 4.03. The lowest BCUT2D eigenvalue weighted by atomic mass is 9.90. The SMILES string of the molecule is CNC(=O)C[C@H](C(=O)N1C[C@H](Oc2cc(-c3csc(NC(C)C)n3)nc3cc(OC)ccc23)C[C@H]1C(=O)O)C(C)C. The van der Waals surface area contributed by atoms with Crippen molar-refractivity contribution in [3.8, 4) is 22.9 Å². The van der Waals surface area contributed by atoms with Crippen LogP contribution in [0.5, 0.6) is 11.5 Å². The Kier molecular flexibility index (Phi) is 9.31. The number of hydrogen-bond acceptors (Lipinski definition) is 9. The van der Waals surface area contributed by atoms with E-state index in [0.29, 0.717) is 28.4 Å². The molecule has 3 N–H and O–H groups in total. The maximum atomic E-state index is 13.5. The van der Waals surface area contributed by atoms with Crippen LogP contribution in [-0.2, 0) is 14.4 Å². The van der Waals surface area contributed by atoms with Crippen LogP contribution in [0.15, 0.2) is 29.6 Å². The molecule has 4 rings (SSSR count). The zero-order valence-corrected chi connectivity index (χ0v) is 24.9. The van der Waals surface area contributed by atoms with E-state index in [9.17, 15) is 19.5 Å². The zero-order valence-electron chi connectivity index (χ0n) is 24.1. The molecule has 0 saturated carbocycles. The zero-order chi connectivity index (χ0) is 29.8. The first-order chi connectivity index (χ1) is 19.5. The van der Waals surface area contributed by atoms with E-state index < -0.39 is 24.0 Å². The number of anilines is 1. The fraction of sp³-hybridized carbons (Fsp3) is 0.483. The Bertz CT molecular complexity index is 1420. The smallest absolute Gasteiger partial charge is 0.326 e. The van der Waals surface area contributed by atoms with Gasteiger partial charge in [0.15, 0.2) is 5.13 Å². The number of rotatable bonds is 11. The minimum absolute atomic E-state index is 0.0111. The van der Waals surface area contributed by atoms with Gasteiger partial charge in [-0.3, -0.25) is 9.59 Å². The maximum absolute atomic E-state index is 13.5. The molecule has 0 unspecified atom stereocenters. The highest BCUT2D eigenvalue weighted by Crippen LogP contribution is 2.36. The molecule has 1 aliphatic heterocycles. The number of methoxy groups -OCH3 is 1. The number of fused-ring (bicyclic) bond motifs is 1. The summed E-state index contributed by atoms with van der Waals surface area (Å²) in [6, 6.07) is 6.42. The van der Waals surface area contributed by atoms with Crippen LogP contribution in [0.4, 0.5) is 5.13 Å². The van der Waals surface area contributed by atoms with Crippen LogP contribution in [0.1, 0.15) is 40.5 Å². The Morgan fingerprint density at radius 3 is 2.54 bits per heavy atom. The van der Waals surface area contributed by atoms with Crippen molar-refractivity contribution < 1.29 is 29.0 Å². The number of likely N-dealkylation sites (tertiary alicyclic amines) is 1. The summed E-state index contributed by atoms with van der Waals surface area (Å²) in [6.45, 7) is 7.86. The van der Waals surface area contributed by atoms with Gasteiger partial charge in [-0.1, -0.05) is 13.8 Å². The largest absolute Gasteiger partial charge is 0.497 e. The molecular weight excluding hydrogens is 546 g/mol. The average Bonchev–Trinajstić information content (AvgIpc) is 3.57. The molecule has 220 valence electrons. The van der Waals surface area contributed by atoms with Gasteiger partial charge in [0.1, 0.15) is 29.3 Å². The number of aromatic nitrogens is 2. The number of hydrogen-bond donors (Lipinski definition) is 3. The molecule has 1 aromatic carbocycles. The molecule has 1 aliphatic rings. The van der Waals surface area contributed by atoms with Gasteiger partial charge in [-0.05, 0) is 31.9 Å². The molecule has 11 nitrogen and oxygen atoms in total. The van der Waals surface area contributed by atoms with E-state index in [2.05, 4.69) is 15.6 Å². The van der Waals surface area contributed by atoms with Gasteiger partial charge in [0, 0.05) is 54.7 Å². The molecule has 2 aromatic heterocycles. The van der Waals surface area contributed by atoms with E-state index in [4.69, 9.17) is 14.5 Å². The van der Waals surface area contributed by atoms with E-state index in [1.807, 2.05) is 45.2 Å². The number of carbonyl (C=O) groups is 3. The molecule has 0 bridgehead atoms. The third kappa shape index (κ3) is 6.87. The van der Waals surface area contributed by atoms with Gasteiger partial charge in [-0.2, -0.15) is 0 Å². The second kappa shape index (κ2) is 12.7. The van der Waals surface area contributed by atoms with Crippen molar-refractivity contribution in [1.82, 2.24) is 20.2 Å². The quantitative estimate of drug-likeness (QED) is 0.305. The van der Waals surface area contributed by atoms with Crippen LogP contribution in [-0.4, -0.2) is 76.6 Å². The fourth-order valence-electron chi connectivity index (χ4n) is 4.90. The molecule has 3 heterocycles. The molecule has 3 atom stereocenters. The molecule has 3 aromatic rings. The number of nitrogens with zero attached hydrogens (tertiary/aromatic N) is 3. The number of carbonyl (C=O) groups excluding carboxylic acids is 2. The van der Waals surface area contributed by atoms with Crippen molar-refractivity contribution in [3.63, 3.8) is 0 Å². The monoisotopic (exact) mass is 583 g/mol. The summed E-state index contributed by atoms with van der Waals surface area (Å²) in [7, 11) is 3.09. The molecule has 0 aliphatic carbocycles. The highest BCUT2D eigenvalue weighted by atomic mass is 32.1. The number of carboxylic acids is 1. The lowest BCUT2D eigenvalue weighted by Crippen LogP contribution is -2.46. The maximum Gasteiger partial charge on any atom is 0.326 e. The van der Waals surface area contributed by atoms with Crippen LogP contribution in [0.3, 0.4) is 0 Å². The number of amides is 2. The summed E-state index contributed by atoms with van der Waals surface area (Å²) in [5.41, 5.74) is 1.91. The number of nitrogens with one attached hydrogen (secondary N) is 2. The van der Waals surface area contributed by atoms with Crippen molar-refractivity contribution in [2.24, 2.45) is 11.8 Å². The van der Waals surface area contributed by atoms with Crippen LogP contribution >= 0.6 is 11.3 Å². The molecule has 0 radical (unpaired) electrons. The van der Waals surface area contributed by atoms with Gasteiger partial charge in [0.05, 0.1) is 24.9 Å². The van der Waals surface area contributed by atoms with Gasteiger partial charge in [-0.15, -0.1) is 11.3 Å². The lowest BCUT2D eigenvalue weighted by molar-refractivity contribution is -0.151. The summed E-state index contributed by atoms with van der Waals surface area (Å²) < 4.78 is 11.8. The Labute approximate surface area is 243 Å². The van der Waals surface area contributed by atoms with Gasteiger partial charge in [0.2, 0.25) is 11.8 Å². The number of benzene rings is 1. The summed E-state index contributed by atoms with van der Waals surface area (Å²) in [5, 5.41) is 19.2. The number of thiazole rings is 1. The van der Waals surface area contributed by atoms with Gasteiger partial charge >= 0.3 is 5.97 Å². The van der Waals surface area contributed by atoms with Crippen molar-refractivity contribution >= 4 is 45.2 Å². The normalized spacial score (nSPS) is 17.6. The average molecular weight is 584 g/mol. The highest BCUT2D eigenvalue weighted by Gasteiger charge is 2.43. The van der Waals surface area contributed by atoms with Gasteiger partial charge in [0.25, 0.3) is 0 Å². The topological polar surface area (TPSA) is 143 Å². The Hall–Kier alpha value is -3.93. The van der Waals surface area contributed by atoms with Crippen molar-refractivity contribution in [2.75, 3.05) is 26.0 Å². The number of aliphatic carboxylic acids is 1. The summed E-state index contributed by atoms with van der Waals surface area (Å²) in [4.78, 5) is 48.7. The second-order valence-corrected chi connectivity index (χ2v) is 11.6. The summed E-state index contributed by atoms with van der Waals surface area (Å²) in [6.07, 6.45) is -0.481. The molecule has 1 fully saturated rings. The first-order valence-corrected chi connectivity index (χ1v) is 14.5. The van der Waals surface area contributed by atoms with Crippen LogP contribution in [0, 0.1) is 11.8 Å². The Morgan fingerprint density at radius 2 is 1.90 bits per heavy atom. The second-order valence-electron chi connectivity index (χ2n) is 10.8. The van der Waals surface area contributed by atoms with E-state index in [-0.39, 0.29) is 43.2 Å². The van der Waals surface area contributed by atoms with Gasteiger partial charge in [-0.25, -0.2) is 14.8 Å². The van der Waals surface area contributed by atoms with Crippen molar-refractivity contribution in [1.29, 1.82) is 0 Å². The minimum Gasteiger partial charge on any atom is -0.497 e. The van der Waals surface area contributed by atoms with Crippen LogP contribution < -0.4 is 20.1 Å². The predicted molar refractivity (Wildman–Crippen MR) is 157 cm³/mol. The number of pyridine rings is 1. The standard InChI is InChI=1S/C29H37N5O6S/c1-15(2)20(11-26(35)30-5)27(36)34-13-18(10-24(34)28(37)38)40-25-12-22(23-14-41-29(33-23)31-16(3)4)32-21-9-17(39-6)7-8-19(21)25/h7-9,12,14-16,18,20,24H,10-11,13H2,1-6H3,(H,30,35)(H,31,33)(H,37,38)/t18-,20+,24+/m1/s1. The lowest BCUT2D eigenvalue weighted by Gasteiger charge is -2.28. The summed E-state index contributed by atoms with van der Waals surface area (Å²) >= 11 is 1.48. The Balaban J connectivity index is 1.66. The third-order valence-corrected chi connectivity index (χ3v) is 7.86. The fourth-order valence-corrected chi connectivity index (χ4v) is 5.75. The summed E-state index contributed by atoms with van der Waals surface area (Å²) in [5.74, 6) is -1.39. The van der Waals surface area contributed by atoms with E-state index in [1.165, 1.54) is 23.3 Å². The van der Waals surface area contributed by atoms with E-state index in [0.717, 1.165) is 10.5 Å². The van der Waals surface area contributed by atoms with Crippen molar-refractivity contribution in [2.45, 2.75) is 58.7 Å². The first kappa shape index (κ1) is 30.0. The number of ether oxygens (including phenoxy) is 2. The Morgan fingerprint density at radius 1 is 1.15 bits per heavy atom. The molecule has 41 heavy (non-hydrogen) atoms. The molecule has 12 heteroatoms.